The number of ether oxygens (including phenoxy) is 1. The maximum absolute atomic E-state index is 13.2. The van der Waals surface area contributed by atoms with Crippen molar-refractivity contribution in [1.82, 2.24) is 0 Å². The normalized spacial score (nSPS) is 12.6. The summed E-state index contributed by atoms with van der Waals surface area (Å²) < 4.78 is 4.68. The van der Waals surface area contributed by atoms with Gasteiger partial charge in [0, 0.05) is 4.88 Å². The number of amides is 1. The number of fused-ring (bicyclic) bond motifs is 2. The third-order valence-corrected chi connectivity index (χ3v) is 4.95. The van der Waals surface area contributed by atoms with E-state index in [2.05, 4.69) is 10.1 Å². The Morgan fingerprint density at radius 1 is 1.04 bits per heavy atom. The monoisotopic (exact) mass is 366 g/mol. The Balaban J connectivity index is 1.73. The molecule has 2 N–H and O–H groups in total. The zero-order valence-corrected chi connectivity index (χ0v) is 14.3. The van der Waals surface area contributed by atoms with Crippen LogP contribution in [0.5, 0.6) is 5.06 Å². The second-order valence-corrected chi connectivity index (χ2v) is 6.80. The third-order valence-electron chi connectivity index (χ3n) is 4.01. The molecule has 2 aromatic carbocycles. The quantitative estimate of drug-likeness (QED) is 0.657. The summed E-state index contributed by atoms with van der Waals surface area (Å²) in [6.07, 6.45) is -1.35. The van der Waals surface area contributed by atoms with Gasteiger partial charge in [0.05, 0.1) is 29.2 Å². The van der Waals surface area contributed by atoms with Crippen molar-refractivity contribution in [1.29, 1.82) is 0 Å². The highest BCUT2D eigenvalue weighted by Gasteiger charge is 2.26. The van der Waals surface area contributed by atoms with Crippen molar-refractivity contribution >= 4 is 40.5 Å². The molecule has 1 aromatic heterocycles. The van der Waals surface area contributed by atoms with Crippen molar-refractivity contribution in [3.63, 3.8) is 0 Å². The minimum Gasteiger partial charge on any atom is -0.449 e. The Morgan fingerprint density at radius 3 is 2.58 bits per heavy atom. The SMILES string of the molecule is O=C(O)Oc1ccc(CN2C(=O)c3ccccc3Nc3ccccc32)s1. The Hall–Kier alpha value is -3.32. The van der Waals surface area contributed by atoms with Crippen LogP contribution in [0.1, 0.15) is 15.2 Å². The predicted molar refractivity (Wildman–Crippen MR) is 99.7 cm³/mol. The molecule has 0 radical (unpaired) electrons. The first kappa shape index (κ1) is 16.2. The average Bonchev–Trinajstić information content (AvgIpc) is 3.02. The number of rotatable bonds is 3. The number of carbonyl (C=O) groups excluding carboxylic acids is 1. The number of carbonyl (C=O) groups is 2. The first-order valence-electron chi connectivity index (χ1n) is 7.88. The maximum atomic E-state index is 13.2. The van der Waals surface area contributed by atoms with Crippen LogP contribution in [0.15, 0.2) is 60.7 Å². The molecular formula is C19H14N2O4S. The molecule has 0 fully saturated rings. The molecule has 0 spiro atoms. The molecule has 6 nitrogen and oxygen atoms in total. The van der Waals surface area contributed by atoms with Gasteiger partial charge in [-0.2, -0.15) is 0 Å². The summed E-state index contributed by atoms with van der Waals surface area (Å²) in [4.78, 5) is 26.3. The lowest BCUT2D eigenvalue weighted by Gasteiger charge is -2.22. The minimum absolute atomic E-state index is 0.118. The van der Waals surface area contributed by atoms with Gasteiger partial charge in [0.25, 0.3) is 5.91 Å². The lowest BCUT2D eigenvalue weighted by atomic mass is 10.1. The van der Waals surface area contributed by atoms with Crippen LogP contribution in [-0.2, 0) is 6.54 Å². The molecule has 3 aromatic rings. The lowest BCUT2D eigenvalue weighted by molar-refractivity contribution is 0.0986. The number of nitrogens with one attached hydrogen (secondary N) is 1. The number of carboxylic acid groups (broad SMARTS) is 1. The number of nitrogens with zero attached hydrogens (tertiary/aromatic N) is 1. The maximum Gasteiger partial charge on any atom is 0.512 e. The molecule has 0 aliphatic carbocycles. The third kappa shape index (κ3) is 3.00. The van der Waals surface area contributed by atoms with Gasteiger partial charge in [0.15, 0.2) is 5.06 Å². The molecule has 4 rings (SSSR count). The van der Waals surface area contributed by atoms with Gasteiger partial charge in [-0.15, -0.1) is 11.3 Å². The fraction of sp³-hybridized carbons (Fsp3) is 0.0526. The van der Waals surface area contributed by atoms with Crippen LogP contribution in [0.3, 0.4) is 0 Å². The van der Waals surface area contributed by atoms with E-state index in [1.807, 2.05) is 42.5 Å². The number of benzene rings is 2. The Bertz CT molecular complexity index is 998. The standard InChI is InChI=1S/C19H14N2O4S/c22-18-13-5-1-2-6-14(13)20-15-7-3-4-8-16(15)21(18)11-12-9-10-17(26-12)25-19(23)24/h1-10,20H,11H2,(H,23,24). The van der Waals surface area contributed by atoms with E-state index in [0.29, 0.717) is 12.1 Å². The summed E-state index contributed by atoms with van der Waals surface area (Å²) in [6, 6.07) is 18.3. The first-order chi connectivity index (χ1) is 12.6. The summed E-state index contributed by atoms with van der Waals surface area (Å²) in [5.74, 6) is -0.118. The van der Waals surface area contributed by atoms with E-state index in [1.54, 1.807) is 23.1 Å². The summed E-state index contributed by atoms with van der Waals surface area (Å²) >= 11 is 1.20. The van der Waals surface area contributed by atoms with Gasteiger partial charge in [0.1, 0.15) is 0 Å². The number of hydrogen-bond donors (Lipinski definition) is 2. The van der Waals surface area contributed by atoms with Gasteiger partial charge >= 0.3 is 6.16 Å². The van der Waals surface area contributed by atoms with Crippen molar-refractivity contribution < 1.29 is 19.4 Å². The summed E-state index contributed by atoms with van der Waals surface area (Å²) in [5, 5.41) is 12.3. The van der Waals surface area contributed by atoms with Crippen molar-refractivity contribution in [3.05, 3.63) is 71.1 Å². The van der Waals surface area contributed by atoms with E-state index in [9.17, 15) is 9.59 Å². The van der Waals surface area contributed by atoms with Crippen LogP contribution in [-0.4, -0.2) is 17.2 Å². The Morgan fingerprint density at radius 2 is 1.77 bits per heavy atom. The minimum atomic E-state index is -1.35. The highest BCUT2D eigenvalue weighted by molar-refractivity contribution is 7.13. The van der Waals surface area contributed by atoms with E-state index in [4.69, 9.17) is 5.11 Å². The molecule has 7 heteroatoms. The Labute approximate surface area is 153 Å². The molecule has 26 heavy (non-hydrogen) atoms. The molecule has 0 saturated carbocycles. The van der Waals surface area contributed by atoms with Crippen LogP contribution in [0, 0.1) is 0 Å². The highest BCUT2D eigenvalue weighted by atomic mass is 32.1. The van der Waals surface area contributed by atoms with Crippen LogP contribution < -0.4 is 15.0 Å². The molecule has 1 amide bonds. The number of anilines is 3. The van der Waals surface area contributed by atoms with E-state index in [0.717, 1.165) is 21.9 Å². The van der Waals surface area contributed by atoms with E-state index >= 15 is 0 Å². The second-order valence-electron chi connectivity index (χ2n) is 5.67. The van der Waals surface area contributed by atoms with E-state index < -0.39 is 6.16 Å². The van der Waals surface area contributed by atoms with Crippen molar-refractivity contribution in [2.75, 3.05) is 10.2 Å². The van der Waals surface area contributed by atoms with Gasteiger partial charge in [-0.3, -0.25) is 4.79 Å². The smallest absolute Gasteiger partial charge is 0.449 e. The van der Waals surface area contributed by atoms with Gasteiger partial charge in [0.2, 0.25) is 0 Å². The molecule has 0 unspecified atom stereocenters. The highest BCUT2D eigenvalue weighted by Crippen LogP contribution is 2.37. The largest absolute Gasteiger partial charge is 0.512 e. The van der Waals surface area contributed by atoms with Gasteiger partial charge in [-0.25, -0.2) is 4.79 Å². The summed E-state index contributed by atoms with van der Waals surface area (Å²) in [5.41, 5.74) is 2.95. The van der Waals surface area contributed by atoms with Crippen LogP contribution >= 0.6 is 11.3 Å². The predicted octanol–water partition coefficient (Wildman–Crippen LogP) is 4.71. The zero-order valence-electron chi connectivity index (χ0n) is 13.5. The molecular weight excluding hydrogens is 352 g/mol. The van der Waals surface area contributed by atoms with Crippen LogP contribution in [0.2, 0.25) is 0 Å². The number of thiophene rings is 1. The fourth-order valence-electron chi connectivity index (χ4n) is 2.89. The number of hydrogen-bond acceptors (Lipinski definition) is 5. The zero-order chi connectivity index (χ0) is 18.1. The van der Waals surface area contributed by atoms with Crippen molar-refractivity contribution in [2.45, 2.75) is 6.54 Å². The fourth-order valence-corrected chi connectivity index (χ4v) is 3.73. The molecule has 0 atom stereocenters. The molecule has 0 bridgehead atoms. The van der Waals surface area contributed by atoms with Crippen LogP contribution in [0.4, 0.5) is 21.9 Å². The van der Waals surface area contributed by atoms with Crippen molar-refractivity contribution in [3.8, 4) is 5.06 Å². The molecule has 2 heterocycles. The van der Waals surface area contributed by atoms with E-state index in [1.165, 1.54) is 11.3 Å². The van der Waals surface area contributed by atoms with E-state index in [-0.39, 0.29) is 11.0 Å². The topological polar surface area (TPSA) is 78.9 Å². The molecule has 1 aliphatic heterocycles. The molecule has 130 valence electrons. The van der Waals surface area contributed by atoms with Crippen LogP contribution in [0.25, 0.3) is 0 Å². The summed E-state index contributed by atoms with van der Waals surface area (Å²) in [7, 11) is 0. The lowest BCUT2D eigenvalue weighted by Crippen LogP contribution is -2.29. The van der Waals surface area contributed by atoms with Gasteiger partial charge < -0.3 is 20.1 Å². The van der Waals surface area contributed by atoms with Gasteiger partial charge in [-0.05, 0) is 36.4 Å². The molecule has 1 aliphatic rings. The molecule has 0 saturated heterocycles. The first-order valence-corrected chi connectivity index (χ1v) is 8.70. The van der Waals surface area contributed by atoms with Crippen molar-refractivity contribution in [2.24, 2.45) is 0 Å². The average molecular weight is 366 g/mol. The summed E-state index contributed by atoms with van der Waals surface area (Å²) in [6.45, 7) is 0.319. The Kier molecular flexibility index (Phi) is 4.06. The number of para-hydroxylation sites is 3. The second kappa shape index (κ2) is 6.53. The van der Waals surface area contributed by atoms with Gasteiger partial charge in [-0.1, -0.05) is 24.3 Å².